The SMILES string of the molecule is Cc1cncc(C(=O)Nc2cccnc2C(=O)O)c1. The van der Waals surface area contributed by atoms with Gasteiger partial charge in [-0.15, -0.1) is 0 Å². The highest BCUT2D eigenvalue weighted by atomic mass is 16.4. The number of hydrogen-bond acceptors (Lipinski definition) is 4. The zero-order chi connectivity index (χ0) is 13.8. The van der Waals surface area contributed by atoms with Gasteiger partial charge < -0.3 is 10.4 Å². The number of aromatic carboxylic acids is 1. The maximum Gasteiger partial charge on any atom is 0.356 e. The first-order valence-corrected chi connectivity index (χ1v) is 5.49. The number of nitrogens with one attached hydrogen (secondary N) is 1. The first kappa shape index (κ1) is 12.7. The van der Waals surface area contributed by atoms with Gasteiger partial charge in [0.2, 0.25) is 0 Å². The number of aryl methyl sites for hydroxylation is 1. The molecule has 0 fully saturated rings. The lowest BCUT2D eigenvalue weighted by Crippen LogP contribution is -2.16. The van der Waals surface area contributed by atoms with E-state index in [0.717, 1.165) is 5.56 Å². The van der Waals surface area contributed by atoms with E-state index in [2.05, 4.69) is 15.3 Å². The molecule has 0 radical (unpaired) electrons. The van der Waals surface area contributed by atoms with E-state index in [1.807, 2.05) is 6.92 Å². The minimum atomic E-state index is -1.20. The Kier molecular flexibility index (Phi) is 3.51. The molecule has 0 aliphatic carbocycles. The fourth-order valence-electron chi connectivity index (χ4n) is 1.55. The Morgan fingerprint density at radius 1 is 1.32 bits per heavy atom. The molecule has 2 aromatic rings. The van der Waals surface area contributed by atoms with E-state index in [-0.39, 0.29) is 11.4 Å². The summed E-state index contributed by atoms with van der Waals surface area (Å²) in [5, 5.41) is 11.5. The van der Waals surface area contributed by atoms with E-state index < -0.39 is 11.9 Å². The van der Waals surface area contributed by atoms with Crippen molar-refractivity contribution in [2.75, 3.05) is 5.32 Å². The molecule has 0 aliphatic heterocycles. The number of carbonyl (C=O) groups is 2. The van der Waals surface area contributed by atoms with Gasteiger partial charge in [-0.1, -0.05) is 0 Å². The van der Waals surface area contributed by atoms with Gasteiger partial charge in [0.15, 0.2) is 5.69 Å². The molecule has 19 heavy (non-hydrogen) atoms. The number of rotatable bonds is 3. The highest BCUT2D eigenvalue weighted by Gasteiger charge is 2.14. The van der Waals surface area contributed by atoms with Gasteiger partial charge in [-0.3, -0.25) is 9.78 Å². The molecule has 6 nitrogen and oxygen atoms in total. The topological polar surface area (TPSA) is 92.2 Å². The average molecular weight is 257 g/mol. The van der Waals surface area contributed by atoms with Crippen molar-refractivity contribution >= 4 is 17.6 Å². The average Bonchev–Trinajstić information content (AvgIpc) is 2.39. The van der Waals surface area contributed by atoms with E-state index >= 15 is 0 Å². The molecule has 0 saturated carbocycles. The summed E-state index contributed by atoms with van der Waals surface area (Å²) in [5.41, 5.74) is 1.16. The number of carbonyl (C=O) groups excluding carboxylic acids is 1. The van der Waals surface area contributed by atoms with Gasteiger partial charge >= 0.3 is 5.97 Å². The molecule has 2 rings (SSSR count). The summed E-state index contributed by atoms with van der Waals surface area (Å²) in [4.78, 5) is 30.6. The maximum atomic E-state index is 12.0. The lowest BCUT2D eigenvalue weighted by atomic mass is 10.2. The van der Waals surface area contributed by atoms with Crippen molar-refractivity contribution in [2.45, 2.75) is 6.92 Å². The molecule has 0 unspecified atom stereocenters. The fourth-order valence-corrected chi connectivity index (χ4v) is 1.55. The normalized spacial score (nSPS) is 9.95. The van der Waals surface area contributed by atoms with Crippen molar-refractivity contribution < 1.29 is 14.7 Å². The first-order valence-electron chi connectivity index (χ1n) is 5.49. The van der Waals surface area contributed by atoms with Gasteiger partial charge in [0.1, 0.15) is 0 Å². The molecular formula is C13H11N3O3. The Morgan fingerprint density at radius 3 is 2.79 bits per heavy atom. The summed E-state index contributed by atoms with van der Waals surface area (Å²) < 4.78 is 0. The largest absolute Gasteiger partial charge is 0.476 e. The number of nitrogens with zero attached hydrogens (tertiary/aromatic N) is 2. The predicted octanol–water partition coefficient (Wildman–Crippen LogP) is 1.74. The second kappa shape index (κ2) is 5.26. The number of anilines is 1. The van der Waals surface area contributed by atoms with E-state index in [9.17, 15) is 9.59 Å². The van der Waals surface area contributed by atoms with Crippen LogP contribution < -0.4 is 5.32 Å². The zero-order valence-electron chi connectivity index (χ0n) is 10.1. The molecule has 0 bridgehead atoms. The molecule has 0 spiro atoms. The summed E-state index contributed by atoms with van der Waals surface area (Å²) in [5.74, 6) is -1.62. The number of amides is 1. The molecule has 0 atom stereocenters. The fraction of sp³-hybridized carbons (Fsp3) is 0.0769. The Hall–Kier alpha value is -2.76. The second-order valence-electron chi connectivity index (χ2n) is 3.91. The van der Waals surface area contributed by atoms with Crippen molar-refractivity contribution in [1.82, 2.24) is 9.97 Å². The summed E-state index contributed by atoms with van der Waals surface area (Å²) >= 11 is 0. The smallest absolute Gasteiger partial charge is 0.356 e. The second-order valence-corrected chi connectivity index (χ2v) is 3.91. The van der Waals surface area contributed by atoms with Crippen LogP contribution in [0.15, 0.2) is 36.8 Å². The van der Waals surface area contributed by atoms with Gasteiger partial charge in [-0.25, -0.2) is 9.78 Å². The van der Waals surface area contributed by atoms with Crippen molar-refractivity contribution in [2.24, 2.45) is 0 Å². The summed E-state index contributed by atoms with van der Waals surface area (Å²) in [6.45, 7) is 1.82. The minimum absolute atomic E-state index is 0.154. The summed E-state index contributed by atoms with van der Waals surface area (Å²) in [6, 6.07) is 4.70. The van der Waals surface area contributed by atoms with Crippen LogP contribution in [0, 0.1) is 6.92 Å². The van der Waals surface area contributed by atoms with Crippen LogP contribution in [0.5, 0.6) is 0 Å². The van der Waals surface area contributed by atoms with E-state index in [0.29, 0.717) is 5.56 Å². The van der Waals surface area contributed by atoms with Crippen molar-refractivity contribution in [3.8, 4) is 0 Å². The monoisotopic (exact) mass is 257 g/mol. The molecule has 0 saturated heterocycles. The van der Waals surface area contributed by atoms with Crippen molar-refractivity contribution in [3.63, 3.8) is 0 Å². The number of pyridine rings is 2. The Labute approximate surface area is 109 Å². The lowest BCUT2D eigenvalue weighted by molar-refractivity contribution is 0.0692. The van der Waals surface area contributed by atoms with Crippen molar-refractivity contribution in [1.29, 1.82) is 0 Å². The van der Waals surface area contributed by atoms with Crippen LogP contribution in [-0.4, -0.2) is 27.0 Å². The first-order chi connectivity index (χ1) is 9.08. The molecular weight excluding hydrogens is 246 g/mol. The van der Waals surface area contributed by atoms with E-state index in [1.54, 1.807) is 18.3 Å². The zero-order valence-corrected chi connectivity index (χ0v) is 10.1. The number of carboxylic acid groups (broad SMARTS) is 1. The third kappa shape index (κ3) is 2.92. The van der Waals surface area contributed by atoms with Crippen LogP contribution >= 0.6 is 0 Å². The number of hydrogen-bond donors (Lipinski definition) is 2. The highest BCUT2D eigenvalue weighted by Crippen LogP contribution is 2.13. The summed E-state index contributed by atoms with van der Waals surface area (Å²) in [6.07, 6.45) is 4.40. The van der Waals surface area contributed by atoms with Crippen LogP contribution in [-0.2, 0) is 0 Å². The van der Waals surface area contributed by atoms with Gasteiger partial charge in [-0.05, 0) is 30.7 Å². The van der Waals surface area contributed by atoms with Crippen molar-refractivity contribution in [3.05, 3.63) is 53.6 Å². The number of aromatic nitrogens is 2. The highest BCUT2D eigenvalue weighted by molar-refractivity contribution is 6.07. The Morgan fingerprint density at radius 2 is 2.11 bits per heavy atom. The van der Waals surface area contributed by atoms with Gasteiger partial charge in [0.05, 0.1) is 11.3 Å². The standard InChI is InChI=1S/C13H11N3O3/c1-8-5-9(7-14-6-8)12(17)16-10-3-2-4-15-11(10)13(18)19/h2-7H,1H3,(H,16,17)(H,18,19). The molecule has 2 heterocycles. The van der Waals surface area contributed by atoms with Gasteiger partial charge in [0, 0.05) is 18.6 Å². The van der Waals surface area contributed by atoms with Crippen LogP contribution in [0.4, 0.5) is 5.69 Å². The predicted molar refractivity (Wildman–Crippen MR) is 68.1 cm³/mol. The molecule has 6 heteroatoms. The third-order valence-corrected chi connectivity index (χ3v) is 2.40. The third-order valence-electron chi connectivity index (χ3n) is 2.40. The van der Waals surface area contributed by atoms with Gasteiger partial charge in [0.25, 0.3) is 5.91 Å². The van der Waals surface area contributed by atoms with Crippen LogP contribution in [0.25, 0.3) is 0 Å². The minimum Gasteiger partial charge on any atom is -0.476 e. The molecule has 2 aromatic heterocycles. The molecule has 1 amide bonds. The van der Waals surface area contributed by atoms with E-state index in [1.165, 1.54) is 18.5 Å². The maximum absolute atomic E-state index is 12.0. The van der Waals surface area contributed by atoms with Crippen LogP contribution in [0.1, 0.15) is 26.4 Å². The molecule has 0 aromatic carbocycles. The van der Waals surface area contributed by atoms with Gasteiger partial charge in [-0.2, -0.15) is 0 Å². The number of carboxylic acids is 1. The molecule has 0 aliphatic rings. The van der Waals surface area contributed by atoms with E-state index in [4.69, 9.17) is 5.11 Å². The van der Waals surface area contributed by atoms with Crippen LogP contribution in [0.2, 0.25) is 0 Å². The quantitative estimate of drug-likeness (QED) is 0.873. The molecule has 2 N–H and O–H groups in total. The summed E-state index contributed by atoms with van der Waals surface area (Å²) in [7, 11) is 0. The molecule has 96 valence electrons. The van der Waals surface area contributed by atoms with Crippen LogP contribution in [0.3, 0.4) is 0 Å². The Balaban J connectivity index is 2.27. The lowest BCUT2D eigenvalue weighted by Gasteiger charge is -2.07. The Bertz CT molecular complexity index is 641.